The SMILES string of the molecule is C[C@@H]1CC[C@@H](/C(CBr)=C(\O)C(F)(F)F)[C@@]23CO[C@](C)(CCC12)O3. The molecule has 0 aromatic carbocycles. The fourth-order valence-corrected chi connectivity index (χ4v) is 5.39. The van der Waals surface area contributed by atoms with Gasteiger partial charge in [-0.25, -0.2) is 0 Å². The normalized spacial score (nSPS) is 44.7. The average Bonchev–Trinajstić information content (AvgIpc) is 2.72. The molecule has 1 unspecified atom stereocenters. The summed E-state index contributed by atoms with van der Waals surface area (Å²) >= 11 is 3.14. The molecule has 0 radical (unpaired) electrons. The van der Waals surface area contributed by atoms with E-state index in [9.17, 15) is 18.3 Å². The highest BCUT2D eigenvalue weighted by Crippen LogP contribution is 2.58. The van der Waals surface area contributed by atoms with Crippen LogP contribution in [0.15, 0.2) is 11.3 Å². The summed E-state index contributed by atoms with van der Waals surface area (Å²) in [5.74, 6) is -2.14. The second-order valence-electron chi connectivity index (χ2n) is 7.24. The summed E-state index contributed by atoms with van der Waals surface area (Å²) in [7, 11) is 0. The Labute approximate surface area is 142 Å². The topological polar surface area (TPSA) is 38.7 Å². The maximum Gasteiger partial charge on any atom is 0.448 e. The first-order valence-electron chi connectivity index (χ1n) is 8.02. The number of aliphatic hydroxyl groups excluding tert-OH is 1. The van der Waals surface area contributed by atoms with Gasteiger partial charge in [0.25, 0.3) is 0 Å². The number of aliphatic hydroxyl groups is 1. The van der Waals surface area contributed by atoms with Crippen LogP contribution in [0.1, 0.15) is 39.5 Å². The number of halogens is 4. The molecule has 0 aromatic rings. The molecule has 3 fully saturated rings. The highest BCUT2D eigenvalue weighted by molar-refractivity contribution is 9.09. The molecule has 23 heavy (non-hydrogen) atoms. The first-order chi connectivity index (χ1) is 10.6. The van der Waals surface area contributed by atoms with Gasteiger partial charge in [-0.05, 0) is 43.6 Å². The molecule has 2 saturated heterocycles. The van der Waals surface area contributed by atoms with Crippen molar-refractivity contribution in [2.45, 2.75) is 57.1 Å². The van der Waals surface area contributed by atoms with Gasteiger partial charge >= 0.3 is 6.18 Å². The Morgan fingerprint density at radius 2 is 2.00 bits per heavy atom. The van der Waals surface area contributed by atoms with Gasteiger partial charge in [0.2, 0.25) is 0 Å². The quantitative estimate of drug-likeness (QED) is 0.540. The number of hydrogen-bond donors (Lipinski definition) is 1. The van der Waals surface area contributed by atoms with Crippen molar-refractivity contribution in [1.82, 2.24) is 0 Å². The van der Waals surface area contributed by atoms with E-state index in [1.807, 2.05) is 6.92 Å². The smallest absolute Gasteiger partial charge is 0.448 e. The molecular formula is C16H22BrF3O3. The predicted octanol–water partition coefficient (Wildman–Crippen LogP) is 4.71. The van der Waals surface area contributed by atoms with Crippen molar-refractivity contribution in [3.63, 3.8) is 0 Å². The monoisotopic (exact) mass is 398 g/mol. The van der Waals surface area contributed by atoms with Gasteiger partial charge in [0.15, 0.2) is 11.5 Å². The van der Waals surface area contributed by atoms with E-state index in [0.29, 0.717) is 18.9 Å². The predicted molar refractivity (Wildman–Crippen MR) is 82.3 cm³/mol. The number of fused-ring (bicyclic) bond motifs is 1. The Balaban J connectivity index is 2.05. The van der Waals surface area contributed by atoms with E-state index >= 15 is 0 Å². The summed E-state index contributed by atoms with van der Waals surface area (Å²) in [6.45, 7) is 4.29. The Bertz CT molecular complexity index is 521. The molecule has 1 saturated carbocycles. The Hall–Kier alpha value is -0.270. The van der Waals surface area contributed by atoms with E-state index < -0.39 is 29.2 Å². The highest BCUT2D eigenvalue weighted by Gasteiger charge is 2.63. The van der Waals surface area contributed by atoms with E-state index in [1.54, 1.807) is 0 Å². The lowest BCUT2D eigenvalue weighted by atomic mass is 9.60. The molecule has 1 spiro atoms. The van der Waals surface area contributed by atoms with Crippen molar-refractivity contribution in [1.29, 1.82) is 0 Å². The van der Waals surface area contributed by atoms with Gasteiger partial charge in [-0.1, -0.05) is 22.9 Å². The van der Waals surface area contributed by atoms with Crippen molar-refractivity contribution in [3.05, 3.63) is 11.3 Å². The molecule has 0 aromatic heterocycles. The van der Waals surface area contributed by atoms with E-state index in [-0.39, 0.29) is 16.8 Å². The van der Waals surface area contributed by atoms with Crippen LogP contribution in [-0.2, 0) is 9.47 Å². The molecule has 1 aliphatic carbocycles. The van der Waals surface area contributed by atoms with E-state index in [4.69, 9.17) is 9.47 Å². The largest absolute Gasteiger partial charge is 0.504 e. The van der Waals surface area contributed by atoms with Gasteiger partial charge in [0, 0.05) is 17.7 Å². The van der Waals surface area contributed by atoms with Crippen LogP contribution in [0, 0.1) is 17.8 Å². The Morgan fingerprint density at radius 3 is 2.61 bits per heavy atom. The van der Waals surface area contributed by atoms with Crippen LogP contribution in [0.4, 0.5) is 13.2 Å². The van der Waals surface area contributed by atoms with Crippen LogP contribution in [-0.4, -0.2) is 34.6 Å². The van der Waals surface area contributed by atoms with Crippen molar-refractivity contribution in [2.24, 2.45) is 17.8 Å². The summed E-state index contributed by atoms with van der Waals surface area (Å²) in [6, 6.07) is 0. The van der Waals surface area contributed by atoms with Crippen LogP contribution in [0.2, 0.25) is 0 Å². The lowest BCUT2D eigenvalue weighted by Gasteiger charge is -2.52. The fraction of sp³-hybridized carbons (Fsp3) is 0.875. The molecule has 5 atom stereocenters. The third-order valence-electron chi connectivity index (χ3n) is 5.87. The average molecular weight is 399 g/mol. The lowest BCUT2D eigenvalue weighted by Crippen LogP contribution is -2.57. The summed E-state index contributed by atoms with van der Waals surface area (Å²) in [6.07, 6.45) is -1.70. The summed E-state index contributed by atoms with van der Waals surface area (Å²) in [5, 5.41) is 9.75. The summed E-state index contributed by atoms with van der Waals surface area (Å²) in [5.41, 5.74) is -0.767. The molecule has 132 valence electrons. The van der Waals surface area contributed by atoms with Crippen LogP contribution >= 0.6 is 15.9 Å². The van der Waals surface area contributed by atoms with Crippen LogP contribution in [0.25, 0.3) is 0 Å². The summed E-state index contributed by atoms with van der Waals surface area (Å²) in [4.78, 5) is 0. The second kappa shape index (κ2) is 5.63. The van der Waals surface area contributed by atoms with Crippen molar-refractivity contribution in [3.8, 4) is 0 Å². The molecule has 1 N–H and O–H groups in total. The number of hydrogen-bond acceptors (Lipinski definition) is 3. The van der Waals surface area contributed by atoms with Crippen molar-refractivity contribution < 1.29 is 27.8 Å². The van der Waals surface area contributed by atoms with Crippen LogP contribution in [0.3, 0.4) is 0 Å². The first-order valence-corrected chi connectivity index (χ1v) is 9.14. The lowest BCUT2D eigenvalue weighted by molar-refractivity contribution is -0.241. The minimum Gasteiger partial charge on any atom is -0.504 e. The molecule has 2 aliphatic heterocycles. The molecule has 0 amide bonds. The number of rotatable bonds is 2. The third-order valence-corrected chi connectivity index (χ3v) is 6.47. The van der Waals surface area contributed by atoms with Gasteiger partial charge in [0.1, 0.15) is 5.60 Å². The highest BCUT2D eigenvalue weighted by atomic mass is 79.9. The van der Waals surface area contributed by atoms with Crippen LogP contribution in [0.5, 0.6) is 0 Å². The van der Waals surface area contributed by atoms with Gasteiger partial charge in [0.05, 0.1) is 6.61 Å². The van der Waals surface area contributed by atoms with Gasteiger partial charge < -0.3 is 14.6 Å². The number of allylic oxidation sites excluding steroid dienone is 1. The molecule has 7 heteroatoms. The van der Waals surface area contributed by atoms with Crippen LogP contribution < -0.4 is 0 Å². The van der Waals surface area contributed by atoms with Crippen molar-refractivity contribution >= 4 is 15.9 Å². The summed E-state index contributed by atoms with van der Waals surface area (Å²) < 4.78 is 51.3. The maximum absolute atomic E-state index is 13.1. The number of ether oxygens (including phenoxy) is 2. The standard InChI is InChI=1S/C16H22BrF3O3/c1-9-3-4-12(10(7-17)13(21)16(18,19)20)15-8-22-14(2,23-15)6-5-11(9)15/h9,11-12,21H,3-8H2,1-2H3/b13-10-/t9-,11?,12+,14+,15-/m1/s1. The zero-order valence-electron chi connectivity index (χ0n) is 13.3. The minimum absolute atomic E-state index is 0.0100. The number of alkyl halides is 4. The van der Waals surface area contributed by atoms with E-state index in [2.05, 4.69) is 22.9 Å². The van der Waals surface area contributed by atoms with E-state index in [1.165, 1.54) is 0 Å². The van der Waals surface area contributed by atoms with Crippen molar-refractivity contribution in [2.75, 3.05) is 11.9 Å². The Morgan fingerprint density at radius 1 is 1.30 bits per heavy atom. The first kappa shape index (κ1) is 17.5. The third kappa shape index (κ3) is 2.72. The zero-order valence-corrected chi connectivity index (χ0v) is 14.8. The molecule has 3 nitrogen and oxygen atoms in total. The zero-order chi connectivity index (χ0) is 17.0. The Kier molecular flexibility index (Phi) is 4.30. The molecule has 2 bridgehead atoms. The maximum atomic E-state index is 13.1. The molecule has 2 heterocycles. The fourth-order valence-electron chi connectivity index (χ4n) is 4.74. The van der Waals surface area contributed by atoms with Gasteiger partial charge in [-0.15, -0.1) is 0 Å². The molecule has 3 aliphatic rings. The van der Waals surface area contributed by atoms with Gasteiger partial charge in [-0.2, -0.15) is 13.2 Å². The minimum atomic E-state index is -4.74. The van der Waals surface area contributed by atoms with Gasteiger partial charge in [-0.3, -0.25) is 0 Å². The molecule has 3 rings (SSSR count). The molecular weight excluding hydrogens is 377 g/mol. The second-order valence-corrected chi connectivity index (χ2v) is 7.80. The van der Waals surface area contributed by atoms with E-state index in [0.717, 1.165) is 19.3 Å².